The van der Waals surface area contributed by atoms with Crippen molar-refractivity contribution >= 4 is 23.5 Å². The van der Waals surface area contributed by atoms with Gasteiger partial charge in [0, 0.05) is 17.4 Å². The molecule has 110 valence electrons. The number of hydrogen-bond donors (Lipinski definition) is 3. The van der Waals surface area contributed by atoms with Crippen LogP contribution in [0.5, 0.6) is 0 Å². The van der Waals surface area contributed by atoms with E-state index in [-0.39, 0.29) is 12.1 Å². The highest BCUT2D eigenvalue weighted by Crippen LogP contribution is 2.15. The van der Waals surface area contributed by atoms with Crippen molar-refractivity contribution in [3.63, 3.8) is 0 Å². The molecular formula is C14H21N3O3. The third-order valence-electron chi connectivity index (χ3n) is 2.91. The monoisotopic (exact) mass is 279 g/mol. The molecule has 0 bridgehead atoms. The molecule has 0 saturated carbocycles. The fraction of sp³-hybridized carbons (Fsp3) is 0.429. The van der Waals surface area contributed by atoms with Gasteiger partial charge in [0.1, 0.15) is 0 Å². The summed E-state index contributed by atoms with van der Waals surface area (Å²) < 4.78 is 4.50. The Morgan fingerprint density at radius 2 is 1.70 bits per heavy atom. The third kappa shape index (κ3) is 5.17. The second-order valence-corrected chi connectivity index (χ2v) is 4.83. The minimum absolute atomic E-state index is 0.0753. The lowest BCUT2D eigenvalue weighted by Crippen LogP contribution is -2.39. The lowest BCUT2D eigenvalue weighted by molar-refractivity contribution is 0.187. The number of benzene rings is 1. The van der Waals surface area contributed by atoms with E-state index in [1.54, 1.807) is 24.3 Å². The molecule has 1 rings (SSSR count). The molecule has 0 unspecified atom stereocenters. The Morgan fingerprint density at radius 3 is 2.25 bits per heavy atom. The second kappa shape index (κ2) is 7.37. The van der Waals surface area contributed by atoms with Crippen molar-refractivity contribution in [3.05, 3.63) is 24.3 Å². The minimum atomic E-state index is -0.556. The lowest BCUT2D eigenvalue weighted by Gasteiger charge is -2.18. The summed E-state index contributed by atoms with van der Waals surface area (Å²) in [6.45, 7) is 6.01. The molecular weight excluding hydrogens is 258 g/mol. The summed E-state index contributed by atoms with van der Waals surface area (Å²) in [4.78, 5) is 22.9. The molecule has 3 N–H and O–H groups in total. The molecule has 0 heterocycles. The predicted molar refractivity (Wildman–Crippen MR) is 78.9 cm³/mol. The predicted octanol–water partition coefficient (Wildman–Crippen LogP) is 3.03. The molecule has 6 nitrogen and oxygen atoms in total. The lowest BCUT2D eigenvalue weighted by atomic mass is 10.1. The number of rotatable bonds is 4. The molecule has 0 spiro atoms. The molecule has 0 fully saturated rings. The summed E-state index contributed by atoms with van der Waals surface area (Å²) in [6, 6.07) is 6.62. The standard InChI is InChI=1S/C14H21N3O3/c1-9(2)10(3)15-13(18)16-11-6-5-7-12(8-11)17-14(19)20-4/h5-10H,1-4H3,(H,17,19)(H2,15,16,18)/t10-/m1/s1. The SMILES string of the molecule is COC(=O)Nc1cccc(NC(=O)N[C@H](C)C(C)C)c1. The van der Waals surface area contributed by atoms with Crippen molar-refractivity contribution in [3.8, 4) is 0 Å². The summed E-state index contributed by atoms with van der Waals surface area (Å²) in [5.41, 5.74) is 1.14. The largest absolute Gasteiger partial charge is 0.453 e. The Morgan fingerprint density at radius 1 is 1.10 bits per heavy atom. The first kappa shape index (κ1) is 15.8. The smallest absolute Gasteiger partial charge is 0.411 e. The molecule has 20 heavy (non-hydrogen) atoms. The molecule has 1 aromatic rings. The van der Waals surface area contributed by atoms with Crippen LogP contribution in [0.2, 0.25) is 0 Å². The van der Waals surface area contributed by atoms with Crippen LogP contribution in [0.15, 0.2) is 24.3 Å². The number of urea groups is 1. The summed E-state index contributed by atoms with van der Waals surface area (Å²) in [5, 5.41) is 8.09. The number of carbonyl (C=O) groups is 2. The summed E-state index contributed by atoms with van der Waals surface area (Å²) in [6.07, 6.45) is -0.556. The van der Waals surface area contributed by atoms with Crippen molar-refractivity contribution in [1.29, 1.82) is 0 Å². The van der Waals surface area contributed by atoms with E-state index in [1.807, 2.05) is 20.8 Å². The number of anilines is 2. The number of amides is 3. The number of carbonyl (C=O) groups excluding carboxylic acids is 2. The highest BCUT2D eigenvalue weighted by atomic mass is 16.5. The van der Waals surface area contributed by atoms with Crippen LogP contribution >= 0.6 is 0 Å². The highest BCUT2D eigenvalue weighted by molar-refractivity contribution is 5.91. The van der Waals surface area contributed by atoms with Gasteiger partial charge in [-0.2, -0.15) is 0 Å². The normalized spacial score (nSPS) is 11.7. The number of methoxy groups -OCH3 is 1. The molecule has 0 aliphatic heterocycles. The number of ether oxygens (including phenoxy) is 1. The van der Waals surface area contributed by atoms with Gasteiger partial charge in [-0.25, -0.2) is 9.59 Å². The van der Waals surface area contributed by atoms with Gasteiger partial charge in [0.25, 0.3) is 0 Å². The quantitative estimate of drug-likeness (QED) is 0.792. The van der Waals surface area contributed by atoms with Gasteiger partial charge in [-0.05, 0) is 31.0 Å². The van der Waals surface area contributed by atoms with E-state index < -0.39 is 6.09 Å². The van der Waals surface area contributed by atoms with Crippen LogP contribution in [-0.2, 0) is 4.74 Å². The van der Waals surface area contributed by atoms with Crippen LogP contribution in [0.25, 0.3) is 0 Å². The first-order chi connectivity index (χ1) is 9.42. The minimum Gasteiger partial charge on any atom is -0.453 e. The molecule has 0 saturated heterocycles. The van der Waals surface area contributed by atoms with Crippen molar-refractivity contribution in [2.24, 2.45) is 5.92 Å². The zero-order valence-corrected chi connectivity index (χ0v) is 12.2. The first-order valence-electron chi connectivity index (χ1n) is 6.45. The van der Waals surface area contributed by atoms with Gasteiger partial charge in [-0.15, -0.1) is 0 Å². The first-order valence-corrected chi connectivity index (χ1v) is 6.45. The molecule has 0 aliphatic rings. The maximum absolute atomic E-state index is 11.8. The number of nitrogens with one attached hydrogen (secondary N) is 3. The Hall–Kier alpha value is -2.24. The molecule has 3 amide bonds. The van der Waals surface area contributed by atoms with Crippen LogP contribution in [0, 0.1) is 5.92 Å². The summed E-state index contributed by atoms with van der Waals surface area (Å²) >= 11 is 0. The van der Waals surface area contributed by atoms with Gasteiger partial charge in [-0.1, -0.05) is 19.9 Å². The maximum atomic E-state index is 11.8. The van der Waals surface area contributed by atoms with Crippen LogP contribution in [0.4, 0.5) is 21.0 Å². The Labute approximate surface area is 118 Å². The zero-order valence-electron chi connectivity index (χ0n) is 12.2. The summed E-state index contributed by atoms with van der Waals surface area (Å²) in [7, 11) is 1.29. The highest BCUT2D eigenvalue weighted by Gasteiger charge is 2.10. The maximum Gasteiger partial charge on any atom is 0.411 e. The van der Waals surface area contributed by atoms with Crippen LogP contribution in [0.3, 0.4) is 0 Å². The molecule has 0 radical (unpaired) electrons. The van der Waals surface area contributed by atoms with Gasteiger partial charge in [-0.3, -0.25) is 5.32 Å². The Bertz CT molecular complexity index is 474. The van der Waals surface area contributed by atoms with E-state index in [4.69, 9.17) is 0 Å². The topological polar surface area (TPSA) is 79.5 Å². The van der Waals surface area contributed by atoms with E-state index in [1.165, 1.54) is 7.11 Å². The Balaban J connectivity index is 2.61. The fourth-order valence-electron chi connectivity index (χ4n) is 1.38. The average molecular weight is 279 g/mol. The van der Waals surface area contributed by atoms with Gasteiger partial charge in [0.15, 0.2) is 0 Å². The third-order valence-corrected chi connectivity index (χ3v) is 2.91. The van der Waals surface area contributed by atoms with Crippen LogP contribution in [0.1, 0.15) is 20.8 Å². The van der Waals surface area contributed by atoms with Gasteiger partial charge in [0.2, 0.25) is 0 Å². The van der Waals surface area contributed by atoms with E-state index >= 15 is 0 Å². The molecule has 0 aromatic heterocycles. The molecule has 6 heteroatoms. The molecule has 0 aliphatic carbocycles. The second-order valence-electron chi connectivity index (χ2n) is 4.83. The van der Waals surface area contributed by atoms with E-state index in [0.29, 0.717) is 17.3 Å². The fourth-order valence-corrected chi connectivity index (χ4v) is 1.38. The van der Waals surface area contributed by atoms with E-state index in [0.717, 1.165) is 0 Å². The molecule has 1 atom stereocenters. The van der Waals surface area contributed by atoms with Crippen LogP contribution in [-0.4, -0.2) is 25.3 Å². The zero-order chi connectivity index (χ0) is 15.1. The van der Waals surface area contributed by atoms with Gasteiger partial charge in [0.05, 0.1) is 7.11 Å². The Kier molecular flexibility index (Phi) is 5.83. The number of hydrogen-bond acceptors (Lipinski definition) is 3. The summed E-state index contributed by atoms with van der Waals surface area (Å²) in [5.74, 6) is 0.355. The van der Waals surface area contributed by atoms with Crippen molar-refractivity contribution in [2.75, 3.05) is 17.7 Å². The van der Waals surface area contributed by atoms with E-state index in [9.17, 15) is 9.59 Å². The van der Waals surface area contributed by atoms with E-state index in [2.05, 4.69) is 20.7 Å². The van der Waals surface area contributed by atoms with Crippen molar-refractivity contribution in [2.45, 2.75) is 26.8 Å². The van der Waals surface area contributed by atoms with Crippen molar-refractivity contribution < 1.29 is 14.3 Å². The molecule has 1 aromatic carbocycles. The van der Waals surface area contributed by atoms with Crippen molar-refractivity contribution in [1.82, 2.24) is 5.32 Å². The van der Waals surface area contributed by atoms with Crippen LogP contribution < -0.4 is 16.0 Å². The van der Waals surface area contributed by atoms with Gasteiger partial charge < -0.3 is 15.4 Å². The van der Waals surface area contributed by atoms with Gasteiger partial charge >= 0.3 is 12.1 Å². The average Bonchev–Trinajstić information content (AvgIpc) is 2.38.